The molecule has 0 amide bonds. The Morgan fingerprint density at radius 1 is 1.33 bits per heavy atom. The number of aryl methyl sites for hydroxylation is 1. The number of thioether (sulfide) groups is 1. The van der Waals surface area contributed by atoms with Crippen molar-refractivity contribution >= 4 is 11.8 Å². The number of hydrogen-bond donors (Lipinski definition) is 0. The average molecular weight is 385 g/mol. The molecule has 1 atom stereocenters. The van der Waals surface area contributed by atoms with Crippen LogP contribution in [0.4, 0.5) is 0 Å². The van der Waals surface area contributed by atoms with Gasteiger partial charge in [-0.3, -0.25) is 0 Å². The second-order valence-electron chi connectivity index (χ2n) is 6.68. The maximum absolute atomic E-state index is 5.91. The van der Waals surface area contributed by atoms with Crippen LogP contribution in [0.15, 0.2) is 34.0 Å². The van der Waals surface area contributed by atoms with Gasteiger partial charge in [0.15, 0.2) is 11.0 Å². The van der Waals surface area contributed by atoms with E-state index in [2.05, 4.69) is 29.3 Å². The number of rotatable bonds is 6. The van der Waals surface area contributed by atoms with Crippen molar-refractivity contribution in [2.24, 2.45) is 7.05 Å². The first kappa shape index (κ1) is 18.0. The molecule has 142 valence electrons. The van der Waals surface area contributed by atoms with Gasteiger partial charge in [0, 0.05) is 30.3 Å². The molecule has 1 aromatic carbocycles. The Kier molecular flexibility index (Phi) is 4.86. The summed E-state index contributed by atoms with van der Waals surface area (Å²) in [5, 5.41) is 9.53. The summed E-state index contributed by atoms with van der Waals surface area (Å²) in [7, 11) is 1.97. The van der Waals surface area contributed by atoms with Gasteiger partial charge in [0.25, 0.3) is 0 Å². The molecule has 2 aromatic heterocycles. The molecule has 3 aromatic rings. The summed E-state index contributed by atoms with van der Waals surface area (Å²) in [6.45, 7) is 6.66. The SMILES string of the molecule is CCOc1cc2c(cc1CSc1nnc(-c3ccoc3C)n1C)O[C@@H](C)C2. The molecule has 4 rings (SSSR count). The van der Waals surface area contributed by atoms with E-state index >= 15 is 0 Å². The van der Waals surface area contributed by atoms with Gasteiger partial charge in [0.2, 0.25) is 0 Å². The summed E-state index contributed by atoms with van der Waals surface area (Å²) >= 11 is 1.63. The molecule has 0 saturated carbocycles. The van der Waals surface area contributed by atoms with E-state index in [9.17, 15) is 0 Å². The second kappa shape index (κ2) is 7.31. The Morgan fingerprint density at radius 2 is 2.19 bits per heavy atom. The monoisotopic (exact) mass is 385 g/mol. The largest absolute Gasteiger partial charge is 0.494 e. The highest BCUT2D eigenvalue weighted by atomic mass is 32.2. The molecule has 0 bridgehead atoms. The zero-order valence-corrected chi connectivity index (χ0v) is 16.8. The molecule has 0 saturated heterocycles. The topological polar surface area (TPSA) is 62.3 Å². The van der Waals surface area contributed by atoms with E-state index in [0.29, 0.717) is 6.61 Å². The van der Waals surface area contributed by atoms with Gasteiger partial charge in [-0.15, -0.1) is 10.2 Å². The van der Waals surface area contributed by atoms with Gasteiger partial charge in [0.05, 0.1) is 18.4 Å². The summed E-state index contributed by atoms with van der Waals surface area (Å²) in [6.07, 6.45) is 2.82. The predicted molar refractivity (Wildman–Crippen MR) is 104 cm³/mol. The van der Waals surface area contributed by atoms with Crippen molar-refractivity contribution in [3.8, 4) is 22.9 Å². The van der Waals surface area contributed by atoms with Crippen LogP contribution in [0, 0.1) is 6.92 Å². The summed E-state index contributed by atoms with van der Waals surface area (Å²) in [6, 6.07) is 6.14. The normalized spacial score (nSPS) is 15.6. The van der Waals surface area contributed by atoms with Gasteiger partial charge in [-0.05, 0) is 39.0 Å². The Balaban J connectivity index is 1.57. The van der Waals surface area contributed by atoms with Crippen LogP contribution in [-0.4, -0.2) is 27.5 Å². The number of ether oxygens (including phenoxy) is 2. The average Bonchev–Trinajstić information content (AvgIpc) is 3.31. The molecule has 6 nitrogen and oxygen atoms in total. The first-order valence-corrected chi connectivity index (χ1v) is 10.1. The summed E-state index contributed by atoms with van der Waals surface area (Å²) in [4.78, 5) is 0. The number of nitrogens with zero attached hydrogens (tertiary/aromatic N) is 3. The lowest BCUT2D eigenvalue weighted by Gasteiger charge is -2.12. The highest BCUT2D eigenvalue weighted by Gasteiger charge is 2.22. The van der Waals surface area contributed by atoms with E-state index in [1.807, 2.05) is 31.5 Å². The lowest BCUT2D eigenvalue weighted by atomic mass is 10.1. The van der Waals surface area contributed by atoms with E-state index in [1.165, 1.54) is 5.56 Å². The van der Waals surface area contributed by atoms with Gasteiger partial charge in [-0.25, -0.2) is 0 Å². The van der Waals surface area contributed by atoms with Crippen molar-refractivity contribution in [3.63, 3.8) is 0 Å². The minimum absolute atomic E-state index is 0.219. The van der Waals surface area contributed by atoms with Crippen molar-refractivity contribution in [1.82, 2.24) is 14.8 Å². The Morgan fingerprint density at radius 3 is 2.93 bits per heavy atom. The van der Waals surface area contributed by atoms with Gasteiger partial charge < -0.3 is 18.5 Å². The second-order valence-corrected chi connectivity index (χ2v) is 7.62. The van der Waals surface area contributed by atoms with Crippen molar-refractivity contribution in [1.29, 1.82) is 0 Å². The molecule has 0 fully saturated rings. The fourth-order valence-electron chi connectivity index (χ4n) is 3.32. The fraction of sp³-hybridized carbons (Fsp3) is 0.400. The smallest absolute Gasteiger partial charge is 0.191 e. The number of benzene rings is 1. The zero-order valence-electron chi connectivity index (χ0n) is 16.0. The third-order valence-electron chi connectivity index (χ3n) is 4.67. The molecule has 3 heterocycles. The molecule has 0 N–H and O–H groups in total. The molecule has 0 spiro atoms. The lowest BCUT2D eigenvalue weighted by Crippen LogP contribution is -2.05. The van der Waals surface area contributed by atoms with E-state index in [-0.39, 0.29) is 6.10 Å². The first-order valence-electron chi connectivity index (χ1n) is 9.08. The van der Waals surface area contributed by atoms with Gasteiger partial charge in [-0.2, -0.15) is 0 Å². The van der Waals surface area contributed by atoms with Crippen LogP contribution < -0.4 is 9.47 Å². The predicted octanol–water partition coefficient (Wildman–Crippen LogP) is 4.40. The molecule has 1 aliphatic heterocycles. The number of furan rings is 1. The highest BCUT2D eigenvalue weighted by Crippen LogP contribution is 2.37. The molecule has 0 aliphatic carbocycles. The van der Waals surface area contributed by atoms with Crippen molar-refractivity contribution < 1.29 is 13.9 Å². The van der Waals surface area contributed by atoms with E-state index in [0.717, 1.165) is 51.5 Å². The minimum Gasteiger partial charge on any atom is -0.494 e. The van der Waals surface area contributed by atoms with E-state index < -0.39 is 0 Å². The standard InChI is InChI=1S/C20H23N3O3S/c1-5-24-17-9-14-8-12(2)26-18(14)10-15(17)11-27-20-22-21-19(23(20)4)16-6-7-25-13(16)3/h6-7,9-10,12H,5,8,11H2,1-4H3/t12-/m0/s1. The summed E-state index contributed by atoms with van der Waals surface area (Å²) in [5.41, 5.74) is 3.29. The minimum atomic E-state index is 0.219. The third-order valence-corrected chi connectivity index (χ3v) is 5.74. The number of hydrogen-bond acceptors (Lipinski definition) is 6. The lowest BCUT2D eigenvalue weighted by molar-refractivity contribution is 0.254. The quantitative estimate of drug-likeness (QED) is 0.586. The maximum Gasteiger partial charge on any atom is 0.191 e. The van der Waals surface area contributed by atoms with Crippen molar-refractivity contribution in [2.45, 2.75) is 44.2 Å². The molecule has 27 heavy (non-hydrogen) atoms. The van der Waals surface area contributed by atoms with Crippen LogP contribution in [0.25, 0.3) is 11.4 Å². The Hall–Kier alpha value is -2.41. The molecule has 7 heteroatoms. The van der Waals surface area contributed by atoms with Crippen molar-refractivity contribution in [3.05, 3.63) is 41.3 Å². The van der Waals surface area contributed by atoms with Gasteiger partial charge in [0.1, 0.15) is 23.4 Å². The van der Waals surface area contributed by atoms with Crippen LogP contribution in [-0.2, 0) is 19.2 Å². The Labute approximate surface area is 162 Å². The van der Waals surface area contributed by atoms with Crippen LogP contribution in [0.2, 0.25) is 0 Å². The van der Waals surface area contributed by atoms with Crippen molar-refractivity contribution in [2.75, 3.05) is 6.61 Å². The third kappa shape index (κ3) is 3.43. The number of aromatic nitrogens is 3. The number of fused-ring (bicyclic) bond motifs is 1. The molecule has 0 unspecified atom stereocenters. The first-order chi connectivity index (χ1) is 13.1. The van der Waals surface area contributed by atoms with Gasteiger partial charge >= 0.3 is 0 Å². The van der Waals surface area contributed by atoms with E-state index in [4.69, 9.17) is 13.9 Å². The van der Waals surface area contributed by atoms with Crippen LogP contribution in [0.1, 0.15) is 30.7 Å². The van der Waals surface area contributed by atoms with Gasteiger partial charge in [-0.1, -0.05) is 11.8 Å². The highest BCUT2D eigenvalue weighted by molar-refractivity contribution is 7.98. The maximum atomic E-state index is 5.91. The zero-order chi connectivity index (χ0) is 19.0. The molecule has 1 aliphatic rings. The fourth-order valence-corrected chi connectivity index (χ4v) is 4.21. The Bertz CT molecular complexity index is 964. The molecular formula is C20H23N3O3S. The molecule has 0 radical (unpaired) electrons. The van der Waals surface area contributed by atoms with Crippen LogP contribution in [0.3, 0.4) is 0 Å². The van der Waals surface area contributed by atoms with E-state index in [1.54, 1.807) is 18.0 Å². The summed E-state index contributed by atoms with van der Waals surface area (Å²) < 4.78 is 19.2. The van der Waals surface area contributed by atoms with Crippen LogP contribution >= 0.6 is 11.8 Å². The molecular weight excluding hydrogens is 362 g/mol. The van der Waals surface area contributed by atoms with Crippen LogP contribution in [0.5, 0.6) is 11.5 Å². The summed E-state index contributed by atoms with van der Waals surface area (Å²) in [5.74, 6) is 4.27.